The zero-order valence-corrected chi connectivity index (χ0v) is 15.1. The van der Waals surface area contributed by atoms with Gasteiger partial charge in [-0.2, -0.15) is 0 Å². The lowest BCUT2D eigenvalue weighted by Crippen LogP contribution is -2.33. The van der Waals surface area contributed by atoms with Crippen LogP contribution in [-0.4, -0.2) is 40.1 Å². The van der Waals surface area contributed by atoms with Crippen LogP contribution in [0.2, 0.25) is 0 Å². The molecule has 0 aliphatic carbocycles. The number of fused-ring (bicyclic) bond motifs is 1. The molecule has 3 rings (SSSR count). The fourth-order valence-corrected chi connectivity index (χ4v) is 4.03. The Hall–Kier alpha value is -2.30. The van der Waals surface area contributed by atoms with E-state index < -0.39 is 24.4 Å². The summed E-state index contributed by atoms with van der Waals surface area (Å²) >= 11 is 3.92. The molecule has 0 saturated carbocycles. The zero-order chi connectivity index (χ0) is 17.6. The summed E-state index contributed by atoms with van der Waals surface area (Å²) in [6, 6.07) is 5.19. The van der Waals surface area contributed by atoms with E-state index in [0.29, 0.717) is 9.90 Å². The molecule has 25 heavy (non-hydrogen) atoms. The number of thiophene rings is 2. The predicted molar refractivity (Wildman–Crippen MR) is 95.9 cm³/mol. The molecule has 0 spiro atoms. The molecule has 0 aliphatic heterocycles. The van der Waals surface area contributed by atoms with Gasteiger partial charge in [0, 0.05) is 5.39 Å². The van der Waals surface area contributed by atoms with E-state index in [2.05, 4.69) is 15.3 Å². The molecule has 2 amide bonds. The third kappa shape index (κ3) is 4.62. The Morgan fingerprint density at radius 1 is 1.16 bits per heavy atom. The highest BCUT2D eigenvalue weighted by atomic mass is 32.2. The third-order valence-electron chi connectivity index (χ3n) is 2.91. The summed E-state index contributed by atoms with van der Waals surface area (Å²) in [6.45, 7) is -0.506. The van der Waals surface area contributed by atoms with Crippen LogP contribution in [0.1, 0.15) is 9.67 Å². The highest BCUT2D eigenvalue weighted by Gasteiger charge is 2.14. The van der Waals surface area contributed by atoms with Crippen LogP contribution in [-0.2, 0) is 14.3 Å². The van der Waals surface area contributed by atoms with Crippen LogP contribution in [0.3, 0.4) is 0 Å². The van der Waals surface area contributed by atoms with Crippen LogP contribution < -0.4 is 5.32 Å². The number of carbonyl (C=O) groups excluding carboxylic acids is 3. The molecule has 3 aromatic rings. The van der Waals surface area contributed by atoms with Crippen LogP contribution in [0, 0.1) is 0 Å². The highest BCUT2D eigenvalue weighted by molar-refractivity contribution is 8.00. The average Bonchev–Trinajstić information content (AvgIpc) is 3.29. The molecule has 7 nitrogen and oxygen atoms in total. The molecule has 0 atom stereocenters. The first-order chi connectivity index (χ1) is 12.1. The zero-order valence-electron chi connectivity index (χ0n) is 12.6. The van der Waals surface area contributed by atoms with Crippen molar-refractivity contribution in [1.82, 2.24) is 15.3 Å². The minimum Gasteiger partial charge on any atom is -0.455 e. The van der Waals surface area contributed by atoms with Gasteiger partial charge in [-0.05, 0) is 22.9 Å². The van der Waals surface area contributed by atoms with Crippen molar-refractivity contribution >= 4 is 62.4 Å². The Labute approximate surface area is 154 Å². The second-order valence-corrected chi connectivity index (χ2v) is 7.43. The Morgan fingerprint density at radius 3 is 2.84 bits per heavy atom. The van der Waals surface area contributed by atoms with Crippen molar-refractivity contribution < 1.29 is 19.1 Å². The van der Waals surface area contributed by atoms with E-state index in [1.165, 1.54) is 40.8 Å². The number of esters is 1. The minimum atomic E-state index is -0.668. The molecular formula is C15H11N3O4S3. The van der Waals surface area contributed by atoms with E-state index in [1.54, 1.807) is 17.5 Å². The number of thioether (sulfide) groups is 1. The van der Waals surface area contributed by atoms with E-state index in [0.717, 1.165) is 10.2 Å². The smallest absolute Gasteiger partial charge is 0.316 e. The van der Waals surface area contributed by atoms with Crippen molar-refractivity contribution in [3.05, 3.63) is 40.2 Å². The van der Waals surface area contributed by atoms with Gasteiger partial charge in [-0.15, -0.1) is 22.7 Å². The molecule has 10 heteroatoms. The van der Waals surface area contributed by atoms with Crippen LogP contribution in [0.5, 0.6) is 0 Å². The molecule has 0 saturated heterocycles. The summed E-state index contributed by atoms with van der Waals surface area (Å²) in [4.78, 5) is 44.6. The number of hydrogen-bond acceptors (Lipinski definition) is 9. The fourth-order valence-electron chi connectivity index (χ4n) is 1.83. The van der Waals surface area contributed by atoms with Gasteiger partial charge in [-0.1, -0.05) is 17.8 Å². The summed E-state index contributed by atoms with van der Waals surface area (Å²) < 4.78 is 4.88. The monoisotopic (exact) mass is 393 g/mol. The number of nitrogens with zero attached hydrogens (tertiary/aromatic N) is 2. The van der Waals surface area contributed by atoms with Crippen molar-refractivity contribution in [3.63, 3.8) is 0 Å². The molecule has 0 radical (unpaired) electrons. The first kappa shape index (κ1) is 17.5. The van der Waals surface area contributed by atoms with E-state index >= 15 is 0 Å². The van der Waals surface area contributed by atoms with E-state index in [4.69, 9.17) is 4.74 Å². The van der Waals surface area contributed by atoms with Gasteiger partial charge in [-0.3, -0.25) is 19.7 Å². The lowest BCUT2D eigenvalue weighted by Gasteiger charge is -2.05. The van der Waals surface area contributed by atoms with E-state index in [1.807, 2.05) is 11.4 Å². The Kier molecular flexibility index (Phi) is 5.74. The van der Waals surface area contributed by atoms with Crippen molar-refractivity contribution in [2.75, 3.05) is 12.4 Å². The van der Waals surface area contributed by atoms with Crippen molar-refractivity contribution in [1.29, 1.82) is 0 Å². The Bertz CT molecular complexity index is 908. The molecule has 0 bridgehead atoms. The SMILES string of the molecule is O=C(COC(=O)CSc1ncnc2sccc12)NC(=O)c1cccs1. The standard InChI is InChI=1S/C15H11N3O4S3/c19-11(18-13(21)10-2-1-4-23-10)6-22-12(20)7-25-15-9-3-5-24-14(9)16-8-17-15/h1-5,8H,6-7H2,(H,18,19,21). The molecule has 3 heterocycles. The second-order valence-electron chi connectivity index (χ2n) is 4.62. The van der Waals surface area contributed by atoms with Gasteiger partial charge >= 0.3 is 5.97 Å². The average molecular weight is 393 g/mol. The van der Waals surface area contributed by atoms with Gasteiger partial charge < -0.3 is 4.74 Å². The van der Waals surface area contributed by atoms with E-state index in [9.17, 15) is 14.4 Å². The van der Waals surface area contributed by atoms with Crippen LogP contribution in [0.4, 0.5) is 0 Å². The van der Waals surface area contributed by atoms with Gasteiger partial charge in [0.2, 0.25) is 0 Å². The van der Waals surface area contributed by atoms with E-state index in [-0.39, 0.29) is 5.75 Å². The molecule has 0 aromatic carbocycles. The van der Waals surface area contributed by atoms with Crippen LogP contribution in [0.25, 0.3) is 10.2 Å². The number of ether oxygens (including phenoxy) is 1. The van der Waals surface area contributed by atoms with Gasteiger partial charge in [0.05, 0.1) is 10.6 Å². The number of amides is 2. The Balaban J connectivity index is 1.44. The van der Waals surface area contributed by atoms with Crippen molar-refractivity contribution in [2.24, 2.45) is 0 Å². The summed E-state index contributed by atoms with van der Waals surface area (Å²) in [5.41, 5.74) is 0. The highest BCUT2D eigenvalue weighted by Crippen LogP contribution is 2.27. The molecule has 0 aliphatic rings. The molecule has 128 valence electrons. The topological polar surface area (TPSA) is 98.2 Å². The number of aromatic nitrogens is 2. The summed E-state index contributed by atoms with van der Waals surface area (Å²) in [7, 11) is 0. The second kappa shape index (κ2) is 8.19. The van der Waals surface area contributed by atoms with Gasteiger partial charge in [0.1, 0.15) is 16.2 Å². The molecule has 1 N–H and O–H groups in total. The summed E-state index contributed by atoms with van der Waals surface area (Å²) in [6.07, 6.45) is 1.44. The molecule has 0 fully saturated rings. The molecule has 3 aromatic heterocycles. The van der Waals surface area contributed by atoms with Crippen molar-refractivity contribution in [2.45, 2.75) is 5.03 Å². The quantitative estimate of drug-likeness (QED) is 0.390. The summed E-state index contributed by atoms with van der Waals surface area (Å²) in [5.74, 6) is -1.73. The molecule has 0 unspecified atom stereocenters. The normalized spacial score (nSPS) is 10.6. The first-order valence-corrected chi connectivity index (χ1v) is 9.72. The maximum absolute atomic E-state index is 11.8. The Morgan fingerprint density at radius 2 is 2.04 bits per heavy atom. The first-order valence-electron chi connectivity index (χ1n) is 6.98. The fraction of sp³-hybridized carbons (Fsp3) is 0.133. The van der Waals surface area contributed by atoms with Gasteiger partial charge in [0.15, 0.2) is 6.61 Å². The predicted octanol–water partition coefficient (Wildman–Crippen LogP) is 2.34. The lowest BCUT2D eigenvalue weighted by atomic mass is 10.4. The number of nitrogens with one attached hydrogen (secondary N) is 1. The van der Waals surface area contributed by atoms with Crippen molar-refractivity contribution in [3.8, 4) is 0 Å². The summed E-state index contributed by atoms with van der Waals surface area (Å²) in [5, 5.41) is 7.35. The third-order valence-corrected chi connectivity index (χ3v) is 5.58. The largest absolute Gasteiger partial charge is 0.455 e. The van der Waals surface area contributed by atoms with Gasteiger partial charge in [-0.25, -0.2) is 9.97 Å². The maximum Gasteiger partial charge on any atom is 0.316 e. The number of carbonyl (C=O) groups is 3. The minimum absolute atomic E-state index is 0.00805. The van der Waals surface area contributed by atoms with Gasteiger partial charge in [0.25, 0.3) is 11.8 Å². The number of rotatable bonds is 6. The molecular weight excluding hydrogens is 382 g/mol. The number of imide groups is 1. The van der Waals surface area contributed by atoms with Crippen LogP contribution >= 0.6 is 34.4 Å². The maximum atomic E-state index is 11.8. The lowest BCUT2D eigenvalue weighted by molar-refractivity contribution is -0.145. The van der Waals surface area contributed by atoms with Crippen LogP contribution in [0.15, 0.2) is 40.3 Å². The number of hydrogen-bond donors (Lipinski definition) is 1.